The number of hydrogen-bond donors (Lipinski definition) is 2. The summed E-state index contributed by atoms with van der Waals surface area (Å²) in [7, 11) is 1.59. The van der Waals surface area contributed by atoms with E-state index in [4.69, 9.17) is 0 Å². The monoisotopic (exact) mass is 325 g/mol. The van der Waals surface area contributed by atoms with Crippen LogP contribution in [0.4, 0.5) is 5.95 Å². The van der Waals surface area contributed by atoms with Crippen LogP contribution >= 0.6 is 0 Å². The second kappa shape index (κ2) is 6.19. The largest absolute Gasteiger partial charge is 0.352 e. The molecule has 0 unspecified atom stereocenters. The van der Waals surface area contributed by atoms with Crippen LogP contribution in [0, 0.1) is 6.92 Å². The molecule has 0 bridgehead atoms. The number of aryl methyl sites for hydroxylation is 2. The van der Waals surface area contributed by atoms with Gasteiger partial charge in [0.2, 0.25) is 5.95 Å². The number of H-pyrrole nitrogens is 1. The van der Waals surface area contributed by atoms with Crippen molar-refractivity contribution in [2.45, 2.75) is 13.5 Å². The highest BCUT2D eigenvalue weighted by Gasteiger charge is 2.17. The zero-order valence-electron chi connectivity index (χ0n) is 13.7. The number of nitrogens with zero attached hydrogens (tertiary/aromatic N) is 3. The van der Waals surface area contributed by atoms with Crippen LogP contribution < -0.4 is 16.6 Å². The maximum Gasteiger partial charge on any atom is 0.329 e. The molecule has 0 aliphatic carbocycles. The predicted octanol–water partition coefficient (Wildman–Crippen LogP) is 1.38. The first kappa shape index (κ1) is 15.8. The molecule has 1 aromatic carbocycles. The van der Waals surface area contributed by atoms with Gasteiger partial charge in [0.05, 0.1) is 6.54 Å². The summed E-state index contributed by atoms with van der Waals surface area (Å²) in [6.07, 6.45) is 1.71. The molecule has 3 aromatic rings. The van der Waals surface area contributed by atoms with Crippen molar-refractivity contribution >= 4 is 17.1 Å². The Morgan fingerprint density at radius 3 is 2.88 bits per heavy atom. The Balaban J connectivity index is 2.23. The predicted molar refractivity (Wildman–Crippen MR) is 94.6 cm³/mol. The number of nitrogens with one attached hydrogen (secondary N) is 2. The molecule has 0 aliphatic rings. The molecular weight excluding hydrogens is 306 g/mol. The second-order valence-corrected chi connectivity index (χ2v) is 5.67. The van der Waals surface area contributed by atoms with Gasteiger partial charge in [-0.15, -0.1) is 6.58 Å². The summed E-state index contributed by atoms with van der Waals surface area (Å²) in [4.78, 5) is 30.9. The molecule has 7 heteroatoms. The summed E-state index contributed by atoms with van der Waals surface area (Å²) in [6.45, 7) is 6.67. The van der Waals surface area contributed by atoms with Gasteiger partial charge in [0.1, 0.15) is 0 Å². The van der Waals surface area contributed by atoms with E-state index >= 15 is 0 Å². The van der Waals surface area contributed by atoms with E-state index in [-0.39, 0.29) is 0 Å². The van der Waals surface area contributed by atoms with Crippen molar-refractivity contribution in [3.63, 3.8) is 0 Å². The van der Waals surface area contributed by atoms with Gasteiger partial charge < -0.3 is 5.32 Å². The lowest BCUT2D eigenvalue weighted by atomic mass is 10.1. The van der Waals surface area contributed by atoms with E-state index in [9.17, 15) is 9.59 Å². The van der Waals surface area contributed by atoms with E-state index in [1.807, 2.05) is 25.1 Å². The first-order chi connectivity index (χ1) is 11.5. The highest BCUT2D eigenvalue weighted by atomic mass is 16.2. The number of imidazole rings is 1. The van der Waals surface area contributed by atoms with Crippen molar-refractivity contribution in [1.29, 1.82) is 0 Å². The minimum absolute atomic E-state index is 0.350. The Hall–Kier alpha value is -3.09. The lowest BCUT2D eigenvalue weighted by Crippen LogP contribution is -2.29. The molecule has 0 spiro atoms. The maximum atomic E-state index is 12.3. The number of hydrogen-bond acceptors (Lipinski definition) is 4. The van der Waals surface area contributed by atoms with Crippen LogP contribution in [0.5, 0.6) is 0 Å². The molecule has 2 N–H and O–H groups in total. The van der Waals surface area contributed by atoms with Gasteiger partial charge >= 0.3 is 5.69 Å². The number of benzene rings is 1. The summed E-state index contributed by atoms with van der Waals surface area (Å²) in [6, 6.07) is 8.04. The van der Waals surface area contributed by atoms with E-state index in [0.29, 0.717) is 30.2 Å². The van der Waals surface area contributed by atoms with Gasteiger partial charge in [-0.25, -0.2) is 4.79 Å². The van der Waals surface area contributed by atoms with Crippen LogP contribution in [0.25, 0.3) is 11.2 Å². The number of fused-ring (bicyclic) bond motifs is 1. The normalized spacial score (nSPS) is 10.9. The Morgan fingerprint density at radius 1 is 1.38 bits per heavy atom. The first-order valence-electron chi connectivity index (χ1n) is 7.61. The van der Waals surface area contributed by atoms with Crippen molar-refractivity contribution in [2.24, 2.45) is 7.05 Å². The van der Waals surface area contributed by atoms with E-state index in [1.54, 1.807) is 17.7 Å². The third-order valence-corrected chi connectivity index (χ3v) is 3.83. The van der Waals surface area contributed by atoms with E-state index < -0.39 is 11.2 Å². The molecule has 0 aliphatic heterocycles. The summed E-state index contributed by atoms with van der Waals surface area (Å²) >= 11 is 0. The first-order valence-corrected chi connectivity index (χ1v) is 7.61. The Labute approximate surface area is 138 Å². The zero-order chi connectivity index (χ0) is 17.3. The molecule has 7 nitrogen and oxygen atoms in total. The van der Waals surface area contributed by atoms with Crippen LogP contribution in [-0.4, -0.2) is 25.6 Å². The number of aromatic amines is 1. The summed E-state index contributed by atoms with van der Waals surface area (Å²) in [5.74, 6) is 0.526. The fourth-order valence-electron chi connectivity index (χ4n) is 2.68. The summed E-state index contributed by atoms with van der Waals surface area (Å²) in [5.41, 5.74) is 1.97. The average Bonchev–Trinajstić information content (AvgIpc) is 2.90. The zero-order valence-corrected chi connectivity index (χ0v) is 13.7. The van der Waals surface area contributed by atoms with E-state index in [0.717, 1.165) is 11.1 Å². The second-order valence-electron chi connectivity index (χ2n) is 5.67. The average molecular weight is 325 g/mol. The van der Waals surface area contributed by atoms with Crippen molar-refractivity contribution in [1.82, 2.24) is 19.1 Å². The van der Waals surface area contributed by atoms with Gasteiger partial charge in [-0.05, 0) is 12.5 Å². The minimum atomic E-state index is -0.483. The molecule has 3 rings (SSSR count). The summed E-state index contributed by atoms with van der Waals surface area (Å²) in [5, 5.41) is 3.13. The van der Waals surface area contributed by atoms with Gasteiger partial charge in [0, 0.05) is 13.6 Å². The Morgan fingerprint density at radius 2 is 2.17 bits per heavy atom. The van der Waals surface area contributed by atoms with Crippen molar-refractivity contribution < 1.29 is 0 Å². The van der Waals surface area contributed by atoms with Gasteiger partial charge in [-0.2, -0.15) is 4.98 Å². The third kappa shape index (κ3) is 2.76. The molecular formula is C17H19N5O2. The van der Waals surface area contributed by atoms with Gasteiger partial charge in [0.25, 0.3) is 5.56 Å². The number of rotatable bonds is 5. The smallest absolute Gasteiger partial charge is 0.329 e. The molecule has 0 radical (unpaired) electrons. The molecule has 24 heavy (non-hydrogen) atoms. The van der Waals surface area contributed by atoms with Crippen molar-refractivity contribution in [3.05, 3.63) is 68.9 Å². The van der Waals surface area contributed by atoms with Crippen LogP contribution in [-0.2, 0) is 13.6 Å². The highest BCUT2D eigenvalue weighted by Crippen LogP contribution is 2.18. The van der Waals surface area contributed by atoms with Gasteiger partial charge in [-0.3, -0.25) is 18.9 Å². The summed E-state index contributed by atoms with van der Waals surface area (Å²) < 4.78 is 3.12. The Bertz CT molecular complexity index is 1030. The fourth-order valence-corrected chi connectivity index (χ4v) is 2.68. The van der Waals surface area contributed by atoms with Gasteiger partial charge in [0.15, 0.2) is 11.2 Å². The van der Waals surface area contributed by atoms with E-state index in [1.165, 1.54) is 4.57 Å². The number of anilines is 1. The Kier molecular flexibility index (Phi) is 4.07. The quantitative estimate of drug-likeness (QED) is 0.694. The molecule has 0 atom stereocenters. The molecule has 0 saturated heterocycles. The van der Waals surface area contributed by atoms with Crippen LogP contribution in [0.3, 0.4) is 0 Å². The minimum Gasteiger partial charge on any atom is -0.352 e. The maximum absolute atomic E-state index is 12.3. The van der Waals surface area contributed by atoms with E-state index in [2.05, 4.69) is 27.9 Å². The van der Waals surface area contributed by atoms with Crippen LogP contribution in [0.1, 0.15) is 11.1 Å². The molecule has 0 fully saturated rings. The van der Waals surface area contributed by atoms with Gasteiger partial charge in [-0.1, -0.05) is 35.9 Å². The topological polar surface area (TPSA) is 84.7 Å². The van der Waals surface area contributed by atoms with Crippen molar-refractivity contribution in [3.8, 4) is 0 Å². The lowest BCUT2D eigenvalue weighted by molar-refractivity contribution is 0.808. The third-order valence-electron chi connectivity index (χ3n) is 3.83. The van der Waals surface area contributed by atoms with Crippen molar-refractivity contribution in [2.75, 3.05) is 11.9 Å². The number of aromatic nitrogens is 4. The fraction of sp³-hybridized carbons (Fsp3) is 0.235. The van der Waals surface area contributed by atoms with Crippen LogP contribution in [0.2, 0.25) is 0 Å². The lowest BCUT2D eigenvalue weighted by Gasteiger charge is -2.10. The standard InChI is InChI=1S/C17H19N5O2/c1-4-8-18-16-19-14-13(15(23)20-17(24)21(14)3)22(16)10-12-7-5-6-11(2)9-12/h4-7,9H,1,8,10H2,2-3H3,(H,18,19)(H,20,23,24). The molecule has 124 valence electrons. The van der Waals surface area contributed by atoms with Crippen LogP contribution in [0.15, 0.2) is 46.5 Å². The molecule has 0 amide bonds. The molecule has 0 saturated carbocycles. The molecule has 2 aromatic heterocycles. The molecule has 2 heterocycles. The SMILES string of the molecule is C=CCNc1nc2c(c(=O)[nH]c(=O)n2C)n1Cc1cccc(C)c1. The highest BCUT2D eigenvalue weighted by molar-refractivity contribution is 5.74.